The molecule has 1 unspecified atom stereocenters. The molecule has 0 aromatic carbocycles. The van der Waals surface area contributed by atoms with E-state index in [1.165, 1.54) is 12.1 Å². The lowest BCUT2D eigenvalue weighted by Crippen LogP contribution is -2.38. The number of nitrogens with zero attached hydrogens (tertiary/aromatic N) is 1. The molecule has 1 fully saturated rings. The Labute approximate surface area is 105 Å². The number of pyridine rings is 1. The maximum Gasteiger partial charge on any atom is 0.242 e. The molecule has 18 heavy (non-hydrogen) atoms. The Hall–Kier alpha value is -1.53. The lowest BCUT2D eigenvalue weighted by molar-refractivity contribution is -0.118. The second-order valence-electron chi connectivity index (χ2n) is 4.33. The van der Waals surface area contributed by atoms with Crippen LogP contribution in [0.15, 0.2) is 18.3 Å². The summed E-state index contributed by atoms with van der Waals surface area (Å²) in [6.07, 6.45) is 3.55. The summed E-state index contributed by atoms with van der Waals surface area (Å²) in [6, 6.07) is 1.99. The van der Waals surface area contributed by atoms with Crippen LogP contribution < -0.4 is 11.1 Å². The monoisotopic (exact) mass is 253 g/mol. The number of anilines is 1. The fourth-order valence-electron chi connectivity index (χ4n) is 1.89. The molecular weight excluding hydrogens is 237 g/mol. The molecule has 1 aliphatic heterocycles. The summed E-state index contributed by atoms with van der Waals surface area (Å²) in [5.74, 6) is -0.481. The first-order chi connectivity index (χ1) is 8.65. The number of nitrogens with two attached hydrogens (primary N) is 1. The quantitative estimate of drug-likeness (QED) is 0.841. The Morgan fingerprint density at radius 2 is 2.50 bits per heavy atom. The van der Waals surface area contributed by atoms with Crippen LogP contribution in [-0.2, 0) is 9.53 Å². The van der Waals surface area contributed by atoms with E-state index in [1.54, 1.807) is 0 Å². The van der Waals surface area contributed by atoms with Gasteiger partial charge in [-0.15, -0.1) is 0 Å². The largest absolute Gasteiger partial charge is 0.378 e. The first-order valence-corrected chi connectivity index (χ1v) is 5.95. The summed E-state index contributed by atoms with van der Waals surface area (Å²) in [7, 11) is 0. The molecular formula is C12H16FN3O2. The summed E-state index contributed by atoms with van der Waals surface area (Å²) >= 11 is 0. The van der Waals surface area contributed by atoms with Gasteiger partial charge in [0.05, 0.1) is 18.3 Å². The van der Waals surface area contributed by atoms with Crippen LogP contribution in [0.25, 0.3) is 0 Å². The first kappa shape index (κ1) is 12.9. The van der Waals surface area contributed by atoms with Gasteiger partial charge in [-0.3, -0.25) is 4.79 Å². The van der Waals surface area contributed by atoms with Crippen LogP contribution in [0.3, 0.4) is 0 Å². The molecule has 0 radical (unpaired) electrons. The van der Waals surface area contributed by atoms with Gasteiger partial charge in [-0.2, -0.15) is 0 Å². The summed E-state index contributed by atoms with van der Waals surface area (Å²) < 4.78 is 18.1. The Morgan fingerprint density at radius 1 is 1.67 bits per heavy atom. The second-order valence-corrected chi connectivity index (χ2v) is 4.33. The van der Waals surface area contributed by atoms with E-state index < -0.39 is 11.9 Å². The smallest absolute Gasteiger partial charge is 0.242 e. The number of aromatic nitrogens is 1. The molecule has 1 aromatic rings. The van der Waals surface area contributed by atoms with Gasteiger partial charge in [0.25, 0.3) is 0 Å². The molecule has 0 bridgehead atoms. The predicted octanol–water partition coefficient (Wildman–Crippen LogP) is 1.06. The van der Waals surface area contributed by atoms with Crippen LogP contribution in [0.4, 0.5) is 10.2 Å². The highest BCUT2D eigenvalue weighted by molar-refractivity contribution is 5.93. The van der Waals surface area contributed by atoms with Gasteiger partial charge in [0, 0.05) is 6.61 Å². The number of nitrogens with one attached hydrogen (secondary N) is 1. The first-order valence-electron chi connectivity index (χ1n) is 5.95. The molecule has 0 aliphatic carbocycles. The van der Waals surface area contributed by atoms with E-state index in [0.717, 1.165) is 25.6 Å². The van der Waals surface area contributed by atoms with Crippen molar-refractivity contribution in [3.05, 3.63) is 24.1 Å². The number of rotatable bonds is 4. The van der Waals surface area contributed by atoms with Crippen molar-refractivity contribution in [1.29, 1.82) is 0 Å². The summed E-state index contributed by atoms with van der Waals surface area (Å²) in [5.41, 5.74) is 5.78. The third kappa shape index (κ3) is 3.48. The molecule has 1 aromatic heterocycles. The minimum absolute atomic E-state index is 0.0620. The second kappa shape index (κ2) is 5.88. The third-order valence-corrected chi connectivity index (χ3v) is 2.86. The van der Waals surface area contributed by atoms with Crippen molar-refractivity contribution in [2.75, 3.05) is 11.9 Å². The lowest BCUT2D eigenvalue weighted by atomic mass is 10.1. The van der Waals surface area contributed by atoms with Gasteiger partial charge < -0.3 is 15.8 Å². The van der Waals surface area contributed by atoms with Gasteiger partial charge >= 0.3 is 0 Å². The number of hydrogen-bond donors (Lipinski definition) is 2. The van der Waals surface area contributed by atoms with Crippen LogP contribution >= 0.6 is 0 Å². The average molecular weight is 253 g/mol. The van der Waals surface area contributed by atoms with Gasteiger partial charge in [0.1, 0.15) is 11.6 Å². The van der Waals surface area contributed by atoms with Crippen LogP contribution in [0, 0.1) is 5.82 Å². The normalized spacial score (nSPS) is 20.7. The summed E-state index contributed by atoms with van der Waals surface area (Å²) in [6.45, 7) is 0.735. The van der Waals surface area contributed by atoms with Crippen molar-refractivity contribution in [1.82, 2.24) is 4.98 Å². The molecule has 1 aliphatic rings. The zero-order valence-corrected chi connectivity index (χ0v) is 9.93. The number of halogens is 1. The van der Waals surface area contributed by atoms with Crippen LogP contribution in [0.5, 0.6) is 0 Å². The highest BCUT2D eigenvalue weighted by atomic mass is 19.1. The van der Waals surface area contributed by atoms with Gasteiger partial charge in [-0.25, -0.2) is 9.37 Å². The number of carbonyl (C=O) groups excluding carboxylic acids is 1. The van der Waals surface area contributed by atoms with Crippen molar-refractivity contribution >= 4 is 11.7 Å². The van der Waals surface area contributed by atoms with E-state index in [1.807, 2.05) is 0 Å². The van der Waals surface area contributed by atoms with Crippen molar-refractivity contribution in [3.8, 4) is 0 Å². The maximum absolute atomic E-state index is 12.6. The predicted molar refractivity (Wildman–Crippen MR) is 64.4 cm³/mol. The van der Waals surface area contributed by atoms with Crippen LogP contribution in [-0.4, -0.2) is 29.6 Å². The molecule has 0 spiro atoms. The molecule has 98 valence electrons. The summed E-state index contributed by atoms with van der Waals surface area (Å²) in [4.78, 5) is 15.5. The summed E-state index contributed by atoms with van der Waals surface area (Å²) in [5, 5.41) is 2.55. The van der Waals surface area contributed by atoms with E-state index in [-0.39, 0.29) is 12.0 Å². The topological polar surface area (TPSA) is 77.2 Å². The molecule has 2 heterocycles. The minimum atomic E-state index is -0.639. The maximum atomic E-state index is 12.6. The van der Waals surface area contributed by atoms with Gasteiger partial charge in [0.2, 0.25) is 5.91 Å². The SMILES string of the molecule is N[C@@H](CC1CCCO1)C(=O)Nc1ccc(F)cn1. The van der Waals surface area contributed by atoms with Gasteiger partial charge in [0.15, 0.2) is 0 Å². The minimum Gasteiger partial charge on any atom is -0.378 e. The van der Waals surface area contributed by atoms with Crippen molar-refractivity contribution in [2.45, 2.75) is 31.4 Å². The molecule has 2 rings (SSSR count). The van der Waals surface area contributed by atoms with Gasteiger partial charge in [-0.05, 0) is 31.4 Å². The van der Waals surface area contributed by atoms with E-state index in [4.69, 9.17) is 10.5 Å². The highest BCUT2D eigenvalue weighted by Crippen LogP contribution is 2.16. The van der Waals surface area contributed by atoms with E-state index in [2.05, 4.69) is 10.3 Å². The fourth-order valence-corrected chi connectivity index (χ4v) is 1.89. The number of hydrogen-bond acceptors (Lipinski definition) is 4. The van der Waals surface area contributed by atoms with Crippen molar-refractivity contribution in [2.24, 2.45) is 5.73 Å². The molecule has 1 amide bonds. The van der Waals surface area contributed by atoms with E-state index in [9.17, 15) is 9.18 Å². The molecule has 1 saturated heterocycles. The Balaban J connectivity index is 1.84. The molecule has 3 N–H and O–H groups in total. The number of ether oxygens (including phenoxy) is 1. The average Bonchev–Trinajstić information content (AvgIpc) is 2.85. The molecule has 6 heteroatoms. The van der Waals surface area contributed by atoms with Crippen molar-refractivity contribution < 1.29 is 13.9 Å². The number of carbonyl (C=O) groups is 1. The lowest BCUT2D eigenvalue weighted by Gasteiger charge is -2.15. The van der Waals surface area contributed by atoms with Crippen LogP contribution in [0.1, 0.15) is 19.3 Å². The van der Waals surface area contributed by atoms with Crippen molar-refractivity contribution in [3.63, 3.8) is 0 Å². The zero-order valence-electron chi connectivity index (χ0n) is 9.93. The van der Waals surface area contributed by atoms with Crippen LogP contribution in [0.2, 0.25) is 0 Å². The Kier molecular flexibility index (Phi) is 4.22. The van der Waals surface area contributed by atoms with E-state index >= 15 is 0 Å². The molecule has 2 atom stereocenters. The Bertz CT molecular complexity index is 404. The number of amides is 1. The molecule has 0 saturated carbocycles. The molecule has 5 nitrogen and oxygen atoms in total. The third-order valence-electron chi connectivity index (χ3n) is 2.86. The van der Waals surface area contributed by atoms with E-state index in [0.29, 0.717) is 12.2 Å². The Morgan fingerprint density at radius 3 is 3.11 bits per heavy atom. The van der Waals surface area contributed by atoms with Gasteiger partial charge in [-0.1, -0.05) is 0 Å². The zero-order chi connectivity index (χ0) is 13.0. The standard InChI is InChI=1S/C12H16FN3O2/c13-8-3-4-11(15-7-8)16-12(17)10(14)6-9-2-1-5-18-9/h3-4,7,9-10H,1-2,5-6,14H2,(H,15,16,17)/t9?,10-/m0/s1. The highest BCUT2D eigenvalue weighted by Gasteiger charge is 2.23. The fraction of sp³-hybridized carbons (Fsp3) is 0.500.